The van der Waals surface area contributed by atoms with Crippen LogP contribution in [0.4, 0.5) is 0 Å². The van der Waals surface area contributed by atoms with Gasteiger partial charge < -0.3 is 4.74 Å². The van der Waals surface area contributed by atoms with Crippen molar-refractivity contribution in [3.63, 3.8) is 0 Å². The molecule has 0 aromatic rings. The smallest absolute Gasteiger partial charge is 0.253 e. The molecule has 1 unspecified atom stereocenters. The van der Waals surface area contributed by atoms with Crippen LogP contribution < -0.4 is 11.3 Å². The molecule has 0 spiro atoms. The summed E-state index contributed by atoms with van der Waals surface area (Å²) in [7, 11) is 1.54. The number of carbonyl (C=O) groups excluding carboxylic acids is 1. The van der Waals surface area contributed by atoms with Gasteiger partial charge in [-0.15, -0.1) is 13.2 Å². The van der Waals surface area contributed by atoms with Crippen molar-refractivity contribution >= 4 is 5.91 Å². The molecule has 3 N–H and O–H groups in total. The van der Waals surface area contributed by atoms with Crippen molar-refractivity contribution in [1.82, 2.24) is 10.3 Å². The number of methoxy groups -OCH3 is 1. The molecule has 0 rings (SSSR count). The van der Waals surface area contributed by atoms with Crippen LogP contribution in [0.3, 0.4) is 0 Å². The average Bonchev–Trinajstić information content (AvgIpc) is 2.25. The lowest BCUT2D eigenvalue weighted by Crippen LogP contribution is -2.51. The fourth-order valence-electron chi connectivity index (χ4n) is 1.26. The van der Waals surface area contributed by atoms with Gasteiger partial charge in [0, 0.05) is 20.2 Å². The molecule has 0 aromatic heterocycles. The lowest BCUT2D eigenvalue weighted by Gasteiger charge is -2.27. The van der Waals surface area contributed by atoms with Crippen LogP contribution in [0.25, 0.3) is 0 Å². The number of nitrogens with two attached hydrogens (primary N) is 1. The standard InChI is InChI=1S/C10H19N3O2/c1-4-6-13(7-5-2)9(8-15-3)10(14)12-11/h4-5,9H,1-2,6-8,11H2,3H3,(H,12,14). The molecule has 5 heteroatoms. The number of hydrogen-bond acceptors (Lipinski definition) is 4. The van der Waals surface area contributed by atoms with E-state index < -0.39 is 6.04 Å². The molecule has 1 amide bonds. The third kappa shape index (κ3) is 4.73. The highest BCUT2D eigenvalue weighted by atomic mass is 16.5. The zero-order chi connectivity index (χ0) is 11.7. The highest BCUT2D eigenvalue weighted by Crippen LogP contribution is 2.01. The summed E-state index contributed by atoms with van der Waals surface area (Å²) < 4.78 is 4.97. The van der Waals surface area contributed by atoms with Crippen LogP contribution in [0.5, 0.6) is 0 Å². The molecule has 0 radical (unpaired) electrons. The van der Waals surface area contributed by atoms with Crippen LogP contribution in [0.1, 0.15) is 0 Å². The molecular formula is C10H19N3O2. The van der Waals surface area contributed by atoms with Crippen LogP contribution in [-0.4, -0.2) is 43.7 Å². The Labute approximate surface area is 90.5 Å². The third-order valence-corrected chi connectivity index (χ3v) is 1.94. The molecule has 0 aliphatic heterocycles. The zero-order valence-electron chi connectivity index (χ0n) is 9.11. The monoisotopic (exact) mass is 213 g/mol. The van der Waals surface area contributed by atoms with Gasteiger partial charge in [-0.2, -0.15) is 0 Å². The van der Waals surface area contributed by atoms with Crippen molar-refractivity contribution in [2.75, 3.05) is 26.8 Å². The Kier molecular flexibility index (Phi) is 7.53. The average molecular weight is 213 g/mol. The fraction of sp³-hybridized carbons (Fsp3) is 0.500. The molecule has 0 heterocycles. The predicted octanol–water partition coefficient (Wildman–Crippen LogP) is -0.335. The first-order chi connectivity index (χ1) is 7.21. The highest BCUT2D eigenvalue weighted by Gasteiger charge is 2.23. The third-order valence-electron chi connectivity index (χ3n) is 1.94. The number of amides is 1. The van der Waals surface area contributed by atoms with Crippen molar-refractivity contribution in [2.45, 2.75) is 6.04 Å². The summed E-state index contributed by atoms with van der Waals surface area (Å²) in [5, 5.41) is 0. The zero-order valence-corrected chi connectivity index (χ0v) is 9.11. The summed E-state index contributed by atoms with van der Waals surface area (Å²) in [6.45, 7) is 8.70. The van der Waals surface area contributed by atoms with E-state index in [1.165, 1.54) is 7.11 Å². The van der Waals surface area contributed by atoms with Gasteiger partial charge in [0.05, 0.1) is 6.61 Å². The highest BCUT2D eigenvalue weighted by molar-refractivity contribution is 5.81. The first kappa shape index (κ1) is 13.8. The summed E-state index contributed by atoms with van der Waals surface area (Å²) in [6.07, 6.45) is 3.44. The summed E-state index contributed by atoms with van der Waals surface area (Å²) in [4.78, 5) is 13.3. The maximum atomic E-state index is 11.5. The van der Waals surface area contributed by atoms with Crippen LogP contribution in [0.2, 0.25) is 0 Å². The van der Waals surface area contributed by atoms with Crippen LogP contribution in [0.15, 0.2) is 25.3 Å². The van der Waals surface area contributed by atoms with Crippen LogP contribution in [-0.2, 0) is 9.53 Å². The van der Waals surface area contributed by atoms with E-state index in [9.17, 15) is 4.79 Å². The molecule has 0 saturated heterocycles. The van der Waals surface area contributed by atoms with Gasteiger partial charge in [0.15, 0.2) is 0 Å². The Morgan fingerprint density at radius 1 is 1.53 bits per heavy atom. The molecule has 15 heavy (non-hydrogen) atoms. The van der Waals surface area contributed by atoms with Gasteiger partial charge in [-0.1, -0.05) is 12.2 Å². The lowest BCUT2D eigenvalue weighted by atomic mass is 10.2. The Morgan fingerprint density at radius 2 is 2.07 bits per heavy atom. The van der Waals surface area contributed by atoms with Crippen LogP contribution in [0, 0.1) is 0 Å². The van der Waals surface area contributed by atoms with Gasteiger partial charge >= 0.3 is 0 Å². The fourth-order valence-corrected chi connectivity index (χ4v) is 1.26. The maximum absolute atomic E-state index is 11.5. The van der Waals surface area contributed by atoms with Gasteiger partial charge in [-0.25, -0.2) is 5.84 Å². The Balaban J connectivity index is 4.56. The second kappa shape index (κ2) is 8.16. The van der Waals surface area contributed by atoms with Crippen molar-refractivity contribution < 1.29 is 9.53 Å². The van der Waals surface area contributed by atoms with E-state index in [0.717, 1.165) is 0 Å². The Hall–Kier alpha value is -1.17. The molecule has 0 saturated carbocycles. The van der Waals surface area contributed by atoms with Gasteiger partial charge in [0.2, 0.25) is 0 Å². The molecule has 0 aliphatic rings. The SMILES string of the molecule is C=CCN(CC=C)C(COC)C(=O)NN. The molecule has 1 atom stereocenters. The normalized spacial score (nSPS) is 12.2. The second-order valence-electron chi connectivity index (χ2n) is 3.01. The van der Waals surface area contributed by atoms with Gasteiger partial charge in [0.1, 0.15) is 6.04 Å². The minimum absolute atomic E-state index is 0.277. The minimum atomic E-state index is -0.420. The number of hydrogen-bond donors (Lipinski definition) is 2. The minimum Gasteiger partial charge on any atom is -0.383 e. The van der Waals surface area contributed by atoms with Crippen molar-refractivity contribution in [3.8, 4) is 0 Å². The molecule has 0 aliphatic carbocycles. The van der Waals surface area contributed by atoms with E-state index >= 15 is 0 Å². The van der Waals surface area contributed by atoms with Crippen LogP contribution >= 0.6 is 0 Å². The largest absolute Gasteiger partial charge is 0.383 e. The number of nitrogens with one attached hydrogen (secondary N) is 1. The number of ether oxygens (including phenoxy) is 1. The summed E-state index contributed by atoms with van der Waals surface area (Å²) in [5.74, 6) is 4.82. The van der Waals surface area contributed by atoms with E-state index in [1.54, 1.807) is 12.2 Å². The van der Waals surface area contributed by atoms with E-state index in [1.807, 2.05) is 4.90 Å². The Bertz CT molecular complexity index is 209. The van der Waals surface area contributed by atoms with E-state index in [-0.39, 0.29) is 12.5 Å². The van der Waals surface area contributed by atoms with E-state index in [2.05, 4.69) is 18.6 Å². The molecular weight excluding hydrogens is 194 g/mol. The van der Waals surface area contributed by atoms with Gasteiger partial charge in [-0.05, 0) is 0 Å². The number of carbonyl (C=O) groups is 1. The van der Waals surface area contributed by atoms with Crippen molar-refractivity contribution in [1.29, 1.82) is 0 Å². The number of rotatable bonds is 8. The topological polar surface area (TPSA) is 67.6 Å². The quantitative estimate of drug-likeness (QED) is 0.251. The Morgan fingerprint density at radius 3 is 2.40 bits per heavy atom. The molecule has 0 aromatic carbocycles. The first-order valence-corrected chi connectivity index (χ1v) is 4.66. The summed E-state index contributed by atoms with van der Waals surface area (Å²) >= 11 is 0. The summed E-state index contributed by atoms with van der Waals surface area (Å²) in [6, 6.07) is -0.420. The van der Waals surface area contributed by atoms with E-state index in [0.29, 0.717) is 13.1 Å². The maximum Gasteiger partial charge on any atom is 0.253 e. The molecule has 5 nitrogen and oxygen atoms in total. The van der Waals surface area contributed by atoms with Gasteiger partial charge in [-0.3, -0.25) is 15.1 Å². The molecule has 0 fully saturated rings. The van der Waals surface area contributed by atoms with Crippen molar-refractivity contribution in [3.05, 3.63) is 25.3 Å². The van der Waals surface area contributed by atoms with Crippen molar-refractivity contribution in [2.24, 2.45) is 5.84 Å². The first-order valence-electron chi connectivity index (χ1n) is 4.66. The molecule has 0 bridgehead atoms. The molecule has 86 valence electrons. The number of nitrogens with zero attached hydrogens (tertiary/aromatic N) is 1. The lowest BCUT2D eigenvalue weighted by molar-refractivity contribution is -0.128. The summed E-state index contributed by atoms with van der Waals surface area (Å²) in [5.41, 5.74) is 2.12. The number of hydrazine groups is 1. The van der Waals surface area contributed by atoms with E-state index in [4.69, 9.17) is 10.6 Å². The predicted molar refractivity (Wildman–Crippen MR) is 60.0 cm³/mol. The van der Waals surface area contributed by atoms with Gasteiger partial charge in [0.25, 0.3) is 5.91 Å². The second-order valence-corrected chi connectivity index (χ2v) is 3.01.